The Morgan fingerprint density at radius 3 is 2.69 bits per heavy atom. The van der Waals surface area contributed by atoms with Crippen LogP contribution in [-0.4, -0.2) is 69.6 Å². The number of hydrogen-bond donors (Lipinski definition) is 0. The smallest absolute Gasteiger partial charge is 0.254 e. The number of amides is 1. The van der Waals surface area contributed by atoms with Gasteiger partial charge in [-0.3, -0.25) is 14.5 Å². The molecule has 2 aliphatic rings. The Hall–Kier alpha value is -4.30. The maximum atomic E-state index is 12.5. The Bertz CT molecular complexity index is 1660. The van der Waals surface area contributed by atoms with E-state index in [1.54, 1.807) is 22.7 Å². The predicted molar refractivity (Wildman–Crippen MR) is 153 cm³/mol. The highest BCUT2D eigenvalue weighted by Gasteiger charge is 2.28. The first-order valence-corrected chi connectivity index (χ1v) is 13.3. The van der Waals surface area contributed by atoms with Crippen molar-refractivity contribution in [3.8, 4) is 28.3 Å². The molecular weight excluding hydrogens is 490 g/mol. The van der Waals surface area contributed by atoms with Crippen LogP contribution in [-0.2, 0) is 18.3 Å². The predicted octanol–water partition coefficient (Wildman–Crippen LogP) is 3.77. The standard InChI is InChI=1S/C31H31N5O3/c1-20-30(37)34(2)13-14-36(20)15-16-39-29-12-9-23(18-32-29)28-11-8-22-17-21(7-10-27(22)33-28)26-19-35(3)31(38)25-6-4-5-24(25)26/h4-5,7-12,17-20H,6,13-16H2,1-3H3/t20-/m1/s1. The lowest BCUT2D eigenvalue weighted by Crippen LogP contribution is -2.55. The molecule has 4 aromatic rings. The Morgan fingerprint density at radius 2 is 1.87 bits per heavy atom. The number of aryl methyl sites for hydroxylation is 1. The van der Waals surface area contributed by atoms with Gasteiger partial charge >= 0.3 is 0 Å². The molecule has 0 N–H and O–H groups in total. The molecule has 1 fully saturated rings. The molecule has 3 aromatic heterocycles. The summed E-state index contributed by atoms with van der Waals surface area (Å²) in [5.74, 6) is 0.701. The van der Waals surface area contributed by atoms with Gasteiger partial charge in [-0.1, -0.05) is 24.3 Å². The lowest BCUT2D eigenvalue weighted by Gasteiger charge is -2.37. The molecule has 1 atom stereocenters. The lowest BCUT2D eigenvalue weighted by molar-refractivity contribution is -0.139. The molecule has 0 radical (unpaired) electrons. The highest BCUT2D eigenvalue weighted by atomic mass is 16.5. The molecule has 1 aliphatic heterocycles. The molecule has 4 heterocycles. The van der Waals surface area contributed by atoms with Crippen LogP contribution in [0.4, 0.5) is 0 Å². The third-order valence-corrected chi connectivity index (χ3v) is 7.79. The third kappa shape index (κ3) is 4.72. The molecular formula is C31H31N5O3. The van der Waals surface area contributed by atoms with Gasteiger partial charge in [-0.05, 0) is 48.7 Å². The van der Waals surface area contributed by atoms with E-state index in [9.17, 15) is 9.59 Å². The Labute approximate surface area is 227 Å². The average Bonchev–Trinajstić information content (AvgIpc) is 3.45. The molecule has 1 amide bonds. The van der Waals surface area contributed by atoms with Crippen molar-refractivity contribution in [3.05, 3.63) is 82.4 Å². The van der Waals surface area contributed by atoms with E-state index in [4.69, 9.17) is 9.72 Å². The van der Waals surface area contributed by atoms with Gasteiger partial charge in [-0.2, -0.15) is 0 Å². The number of allylic oxidation sites excluding steroid dienone is 1. The number of fused-ring (bicyclic) bond motifs is 2. The van der Waals surface area contributed by atoms with E-state index in [1.165, 1.54) is 0 Å². The van der Waals surface area contributed by atoms with Crippen LogP contribution in [0.15, 0.2) is 65.7 Å². The first-order chi connectivity index (χ1) is 18.9. The number of aromatic nitrogens is 3. The number of rotatable bonds is 6. The van der Waals surface area contributed by atoms with Gasteiger partial charge in [0, 0.05) is 74.3 Å². The van der Waals surface area contributed by atoms with E-state index in [1.807, 2.05) is 56.6 Å². The zero-order chi connectivity index (χ0) is 27.1. The number of carbonyl (C=O) groups excluding carboxylic acids is 1. The van der Waals surface area contributed by atoms with E-state index in [0.717, 1.165) is 57.5 Å². The fourth-order valence-electron chi connectivity index (χ4n) is 5.43. The number of nitrogens with zero attached hydrogens (tertiary/aromatic N) is 5. The number of pyridine rings is 3. The summed E-state index contributed by atoms with van der Waals surface area (Å²) in [5, 5.41) is 1.03. The number of ether oxygens (including phenoxy) is 1. The first-order valence-electron chi connectivity index (χ1n) is 13.3. The SMILES string of the molecule is C[C@@H]1C(=O)N(C)CCN1CCOc1ccc(-c2ccc3cc(-c4cn(C)c(=O)c5c4C=CC5)ccc3n2)cn1. The van der Waals surface area contributed by atoms with Crippen LogP contribution in [0.1, 0.15) is 18.1 Å². The van der Waals surface area contributed by atoms with Crippen LogP contribution in [0.3, 0.4) is 0 Å². The molecule has 8 heteroatoms. The van der Waals surface area contributed by atoms with Gasteiger partial charge in [0.05, 0.1) is 17.3 Å². The molecule has 0 bridgehead atoms. The van der Waals surface area contributed by atoms with Gasteiger partial charge in [0.1, 0.15) is 6.61 Å². The van der Waals surface area contributed by atoms with Crippen LogP contribution < -0.4 is 10.3 Å². The molecule has 1 aliphatic carbocycles. The van der Waals surface area contributed by atoms with E-state index in [-0.39, 0.29) is 17.5 Å². The van der Waals surface area contributed by atoms with Crippen molar-refractivity contribution in [2.45, 2.75) is 19.4 Å². The van der Waals surface area contributed by atoms with Crippen molar-refractivity contribution in [3.63, 3.8) is 0 Å². The molecule has 8 nitrogen and oxygen atoms in total. The third-order valence-electron chi connectivity index (χ3n) is 7.79. The number of likely N-dealkylation sites (N-methyl/N-ethyl adjacent to an activating group) is 1. The molecule has 1 aromatic carbocycles. The fraction of sp³-hybridized carbons (Fsp3) is 0.290. The second-order valence-electron chi connectivity index (χ2n) is 10.3. The van der Waals surface area contributed by atoms with Crippen LogP contribution >= 0.6 is 0 Å². The van der Waals surface area contributed by atoms with Crippen LogP contribution in [0.5, 0.6) is 5.88 Å². The topological polar surface area (TPSA) is 80.6 Å². The summed E-state index contributed by atoms with van der Waals surface area (Å²) in [4.78, 5) is 37.9. The second-order valence-corrected chi connectivity index (χ2v) is 10.3. The normalized spacial score (nSPS) is 17.2. The summed E-state index contributed by atoms with van der Waals surface area (Å²) in [5.41, 5.74) is 6.70. The second kappa shape index (κ2) is 10.1. The molecule has 0 saturated carbocycles. The monoisotopic (exact) mass is 521 g/mol. The molecule has 198 valence electrons. The highest BCUT2D eigenvalue weighted by molar-refractivity contribution is 5.88. The number of hydrogen-bond acceptors (Lipinski definition) is 6. The zero-order valence-electron chi connectivity index (χ0n) is 22.4. The van der Waals surface area contributed by atoms with E-state index < -0.39 is 0 Å². The van der Waals surface area contributed by atoms with Crippen molar-refractivity contribution < 1.29 is 9.53 Å². The number of carbonyl (C=O) groups is 1. The van der Waals surface area contributed by atoms with Crippen molar-refractivity contribution in [1.82, 2.24) is 24.3 Å². The quantitative estimate of drug-likeness (QED) is 0.384. The van der Waals surface area contributed by atoms with E-state index in [0.29, 0.717) is 25.5 Å². The number of benzene rings is 1. The van der Waals surface area contributed by atoms with E-state index in [2.05, 4.69) is 28.1 Å². The van der Waals surface area contributed by atoms with Crippen LogP contribution in [0, 0.1) is 0 Å². The minimum atomic E-state index is -0.128. The Morgan fingerprint density at radius 1 is 1.03 bits per heavy atom. The van der Waals surface area contributed by atoms with Crippen molar-refractivity contribution in [1.29, 1.82) is 0 Å². The van der Waals surface area contributed by atoms with Crippen LogP contribution in [0.2, 0.25) is 0 Å². The molecule has 39 heavy (non-hydrogen) atoms. The summed E-state index contributed by atoms with van der Waals surface area (Å²) in [6.07, 6.45) is 8.47. The average molecular weight is 522 g/mol. The maximum Gasteiger partial charge on any atom is 0.254 e. The summed E-state index contributed by atoms with van der Waals surface area (Å²) in [7, 11) is 3.65. The summed E-state index contributed by atoms with van der Waals surface area (Å²) >= 11 is 0. The molecule has 0 unspecified atom stereocenters. The van der Waals surface area contributed by atoms with Gasteiger partial charge in [-0.15, -0.1) is 0 Å². The molecule has 1 saturated heterocycles. The molecule has 6 rings (SSSR count). The van der Waals surface area contributed by atoms with Crippen LogP contribution in [0.25, 0.3) is 39.4 Å². The largest absolute Gasteiger partial charge is 0.476 e. The maximum absolute atomic E-state index is 12.5. The van der Waals surface area contributed by atoms with Crippen molar-refractivity contribution >= 4 is 22.9 Å². The summed E-state index contributed by atoms with van der Waals surface area (Å²) in [6, 6.07) is 14.0. The van der Waals surface area contributed by atoms with Gasteiger partial charge in [-0.25, -0.2) is 9.97 Å². The van der Waals surface area contributed by atoms with Gasteiger partial charge in [0.25, 0.3) is 5.56 Å². The summed E-state index contributed by atoms with van der Waals surface area (Å²) < 4.78 is 7.53. The van der Waals surface area contributed by atoms with Gasteiger partial charge < -0.3 is 14.2 Å². The van der Waals surface area contributed by atoms with E-state index >= 15 is 0 Å². The zero-order valence-corrected chi connectivity index (χ0v) is 22.4. The minimum Gasteiger partial charge on any atom is -0.476 e. The van der Waals surface area contributed by atoms with Crippen molar-refractivity contribution in [2.75, 3.05) is 33.3 Å². The Kier molecular flexibility index (Phi) is 6.48. The van der Waals surface area contributed by atoms with Gasteiger partial charge in [0.2, 0.25) is 11.8 Å². The van der Waals surface area contributed by atoms with Gasteiger partial charge in [0.15, 0.2) is 0 Å². The number of piperazine rings is 1. The fourth-order valence-corrected chi connectivity index (χ4v) is 5.43. The molecule has 0 spiro atoms. The first kappa shape index (κ1) is 25.0. The Balaban J connectivity index is 1.15. The summed E-state index contributed by atoms with van der Waals surface area (Å²) in [6.45, 7) is 4.67. The minimum absolute atomic E-state index is 0.0667. The highest BCUT2D eigenvalue weighted by Crippen LogP contribution is 2.32. The lowest BCUT2D eigenvalue weighted by atomic mass is 9.98. The van der Waals surface area contributed by atoms with Crippen molar-refractivity contribution in [2.24, 2.45) is 7.05 Å².